The van der Waals surface area contributed by atoms with E-state index in [4.69, 9.17) is 9.47 Å². The number of carbonyl (C=O) groups is 1. The molecule has 0 unspecified atom stereocenters. The molecule has 0 saturated heterocycles. The van der Waals surface area contributed by atoms with Gasteiger partial charge in [0.1, 0.15) is 0 Å². The van der Waals surface area contributed by atoms with E-state index in [1.807, 2.05) is 12.2 Å². The first kappa shape index (κ1) is 13.7. The molecule has 0 aliphatic heterocycles. The Hall–Kier alpha value is -0.290. The molecule has 0 N–H and O–H groups in total. The lowest BCUT2D eigenvalue weighted by molar-refractivity contribution is 0.0578. The lowest BCUT2D eigenvalue weighted by Crippen LogP contribution is -2.08. The van der Waals surface area contributed by atoms with Crippen molar-refractivity contribution in [2.24, 2.45) is 0 Å². The van der Waals surface area contributed by atoms with E-state index in [0.717, 1.165) is 0 Å². The summed E-state index contributed by atoms with van der Waals surface area (Å²) in [5.74, 6) is 0. The van der Waals surface area contributed by atoms with E-state index in [1.165, 1.54) is 0 Å². The molecule has 80 valence electrons. The van der Waals surface area contributed by atoms with Crippen LogP contribution in [0.15, 0.2) is 22.1 Å². The fourth-order valence-corrected chi connectivity index (χ4v) is 1.12. The van der Waals surface area contributed by atoms with Crippen molar-refractivity contribution in [1.29, 1.82) is 0 Å². The quantitative estimate of drug-likeness (QED) is 0.550. The number of carbonyl (C=O) groups excluding carboxylic acids is 1. The first-order chi connectivity index (χ1) is 6.81. The lowest BCUT2D eigenvalue weighted by atomic mass is 10.4. The van der Waals surface area contributed by atoms with Crippen LogP contribution in [0.25, 0.3) is 0 Å². The molecule has 0 spiro atoms. The largest absolute Gasteiger partial charge is 0.508 e. The molecule has 0 aliphatic rings. The Labute approximate surface area is 100 Å². The van der Waals surface area contributed by atoms with Gasteiger partial charge in [-0.1, -0.05) is 44.0 Å². The highest BCUT2D eigenvalue weighted by Gasteiger charge is 2.00. The fourth-order valence-electron chi connectivity index (χ4n) is 0.588. The van der Waals surface area contributed by atoms with E-state index in [0.29, 0.717) is 26.1 Å². The van der Waals surface area contributed by atoms with Crippen molar-refractivity contribution < 1.29 is 14.3 Å². The van der Waals surface area contributed by atoms with Gasteiger partial charge >= 0.3 is 6.16 Å². The first-order valence-corrected chi connectivity index (χ1v) is 5.94. The summed E-state index contributed by atoms with van der Waals surface area (Å²) >= 11 is 6.22. The molecule has 0 amide bonds. The van der Waals surface area contributed by atoms with Gasteiger partial charge in [0.05, 0.1) is 13.2 Å². The molecule has 0 aliphatic carbocycles. The van der Waals surface area contributed by atoms with E-state index < -0.39 is 6.16 Å². The maximum Gasteiger partial charge on any atom is 0.508 e. The monoisotopic (exact) mass is 326 g/mol. The van der Waals surface area contributed by atoms with Crippen LogP contribution in [0.2, 0.25) is 0 Å². The average Bonchev–Trinajstić information content (AvgIpc) is 2.19. The molecule has 0 atom stereocenters. The molecule has 0 saturated carbocycles. The zero-order chi connectivity index (χ0) is 10.6. The number of hydrogen-bond acceptors (Lipinski definition) is 3. The van der Waals surface area contributed by atoms with E-state index in [-0.39, 0.29) is 0 Å². The van der Waals surface area contributed by atoms with Crippen molar-refractivity contribution in [3.05, 3.63) is 22.1 Å². The summed E-state index contributed by atoms with van der Waals surface area (Å²) in [6.07, 6.45) is 4.45. The summed E-state index contributed by atoms with van der Waals surface area (Å²) in [4.78, 5) is 14.3. The van der Waals surface area contributed by atoms with Crippen molar-refractivity contribution in [2.75, 3.05) is 13.2 Å². The molecular weight excluding hydrogens is 316 g/mol. The van der Waals surface area contributed by atoms with Gasteiger partial charge in [0.15, 0.2) is 0 Å². The van der Waals surface area contributed by atoms with Gasteiger partial charge in [-0.15, -0.1) is 0 Å². The number of halogens is 2. The Kier molecular flexibility index (Phi) is 10.6. The molecule has 0 rings (SSSR count). The summed E-state index contributed by atoms with van der Waals surface area (Å²) in [7, 11) is 0. The zero-order valence-corrected chi connectivity index (χ0v) is 10.8. The van der Waals surface area contributed by atoms with Crippen LogP contribution >= 0.6 is 31.9 Å². The van der Waals surface area contributed by atoms with Gasteiger partial charge in [-0.2, -0.15) is 0 Å². The Morgan fingerprint density at radius 2 is 1.43 bits per heavy atom. The van der Waals surface area contributed by atoms with Crippen molar-refractivity contribution in [3.63, 3.8) is 0 Å². The van der Waals surface area contributed by atoms with Crippen molar-refractivity contribution in [3.8, 4) is 0 Å². The zero-order valence-electron chi connectivity index (χ0n) is 7.62. The molecular formula is C9H12Br2O3. The third-order valence-electron chi connectivity index (χ3n) is 1.19. The molecule has 0 aromatic heterocycles. The molecule has 0 aromatic rings. The molecule has 0 radical (unpaired) electrons. The number of ether oxygens (including phenoxy) is 2. The van der Waals surface area contributed by atoms with E-state index in [2.05, 4.69) is 31.9 Å². The Balaban J connectivity index is 3.28. The highest BCUT2D eigenvalue weighted by atomic mass is 79.9. The van der Waals surface area contributed by atoms with Crippen LogP contribution < -0.4 is 0 Å². The predicted octanol–water partition coefficient (Wildman–Crippen LogP) is 3.74. The predicted molar refractivity (Wildman–Crippen MR) is 62.7 cm³/mol. The summed E-state index contributed by atoms with van der Waals surface area (Å²) in [6, 6.07) is 0. The SMILES string of the molecule is O=C(OCC/C=C/Br)OCC/C=C/Br. The topological polar surface area (TPSA) is 35.5 Å². The molecule has 0 bridgehead atoms. The smallest absolute Gasteiger partial charge is 0.434 e. The van der Waals surface area contributed by atoms with Gasteiger partial charge in [-0.25, -0.2) is 4.79 Å². The minimum absolute atomic E-state index is 0.342. The molecule has 0 aromatic carbocycles. The van der Waals surface area contributed by atoms with E-state index >= 15 is 0 Å². The second kappa shape index (κ2) is 10.8. The number of rotatable bonds is 6. The van der Waals surface area contributed by atoms with Crippen molar-refractivity contribution >= 4 is 38.0 Å². The molecule has 3 nitrogen and oxygen atoms in total. The van der Waals surface area contributed by atoms with E-state index in [9.17, 15) is 4.79 Å². The van der Waals surface area contributed by atoms with Gasteiger partial charge in [-0.3, -0.25) is 0 Å². The van der Waals surface area contributed by atoms with Crippen LogP contribution in [0.3, 0.4) is 0 Å². The third kappa shape index (κ3) is 9.80. The van der Waals surface area contributed by atoms with Crippen LogP contribution in [0.5, 0.6) is 0 Å². The lowest BCUT2D eigenvalue weighted by Gasteiger charge is -2.03. The van der Waals surface area contributed by atoms with Gasteiger partial charge in [0.25, 0.3) is 0 Å². The van der Waals surface area contributed by atoms with E-state index in [1.54, 1.807) is 9.97 Å². The second-order valence-electron chi connectivity index (χ2n) is 2.25. The average molecular weight is 328 g/mol. The molecule has 0 heterocycles. The van der Waals surface area contributed by atoms with Gasteiger partial charge in [0.2, 0.25) is 0 Å². The van der Waals surface area contributed by atoms with Crippen LogP contribution in [-0.2, 0) is 9.47 Å². The Bertz CT molecular complexity index is 182. The summed E-state index contributed by atoms with van der Waals surface area (Å²) < 4.78 is 9.51. The number of hydrogen-bond donors (Lipinski definition) is 0. The Morgan fingerprint density at radius 3 is 1.79 bits per heavy atom. The van der Waals surface area contributed by atoms with Gasteiger partial charge in [-0.05, 0) is 9.97 Å². The van der Waals surface area contributed by atoms with Crippen LogP contribution in [0, 0.1) is 0 Å². The highest BCUT2D eigenvalue weighted by molar-refractivity contribution is 9.11. The van der Waals surface area contributed by atoms with Crippen LogP contribution in [0.4, 0.5) is 4.79 Å². The van der Waals surface area contributed by atoms with Crippen LogP contribution in [0.1, 0.15) is 12.8 Å². The minimum Gasteiger partial charge on any atom is -0.434 e. The van der Waals surface area contributed by atoms with Gasteiger partial charge < -0.3 is 9.47 Å². The summed E-state index contributed by atoms with van der Waals surface area (Å²) in [6.45, 7) is 0.685. The summed E-state index contributed by atoms with van der Waals surface area (Å²) in [5.41, 5.74) is 0. The molecule has 5 heteroatoms. The maximum absolute atomic E-state index is 10.9. The molecule has 14 heavy (non-hydrogen) atoms. The normalized spacial score (nSPS) is 11.0. The highest BCUT2D eigenvalue weighted by Crippen LogP contribution is 1.94. The first-order valence-electron chi connectivity index (χ1n) is 4.11. The van der Waals surface area contributed by atoms with Crippen molar-refractivity contribution in [2.45, 2.75) is 12.8 Å². The van der Waals surface area contributed by atoms with Crippen LogP contribution in [-0.4, -0.2) is 19.4 Å². The minimum atomic E-state index is -0.615. The Morgan fingerprint density at radius 1 is 1.00 bits per heavy atom. The maximum atomic E-state index is 10.9. The second-order valence-corrected chi connectivity index (χ2v) is 3.30. The van der Waals surface area contributed by atoms with Crippen molar-refractivity contribution in [1.82, 2.24) is 0 Å². The fraction of sp³-hybridized carbons (Fsp3) is 0.444. The third-order valence-corrected chi connectivity index (χ3v) is 1.93. The molecule has 0 fully saturated rings. The summed E-state index contributed by atoms with van der Waals surface area (Å²) in [5, 5.41) is 0. The standard InChI is InChI=1S/C9H12Br2O3/c10-5-1-3-7-13-9(12)14-8-4-2-6-11/h1-2,5-6H,3-4,7-8H2/b5-1+,6-2+. The van der Waals surface area contributed by atoms with Gasteiger partial charge in [0, 0.05) is 12.8 Å².